The Morgan fingerprint density at radius 1 is 0.875 bits per heavy atom. The Morgan fingerprint density at radius 2 is 1.57 bits per heavy atom. The van der Waals surface area contributed by atoms with E-state index in [1.54, 1.807) is 12.1 Å². The fourth-order valence-electron chi connectivity index (χ4n) is 4.52. The van der Waals surface area contributed by atoms with Crippen molar-refractivity contribution in [2.75, 3.05) is 10.0 Å². The van der Waals surface area contributed by atoms with Gasteiger partial charge in [-0.25, -0.2) is 13.2 Å². The van der Waals surface area contributed by atoms with Gasteiger partial charge < -0.3 is 14.6 Å². The van der Waals surface area contributed by atoms with E-state index in [1.807, 2.05) is 36.4 Å². The number of aryl methyl sites for hydroxylation is 1. The first-order valence-electron chi connectivity index (χ1n) is 12.6. The molecule has 0 saturated carbocycles. The van der Waals surface area contributed by atoms with Crippen LogP contribution in [0.25, 0.3) is 21.8 Å². The Morgan fingerprint density at radius 3 is 2.33 bits per heavy atom. The lowest BCUT2D eigenvalue weighted by molar-refractivity contribution is -0.123. The number of fused-ring (bicyclic) bond motifs is 3. The molecule has 10 heteroatoms. The van der Waals surface area contributed by atoms with Crippen LogP contribution >= 0.6 is 11.6 Å². The van der Waals surface area contributed by atoms with Gasteiger partial charge in [-0.15, -0.1) is 0 Å². The summed E-state index contributed by atoms with van der Waals surface area (Å²) < 4.78 is 35.7. The number of ether oxygens (including phenoxy) is 1. The number of carbonyl (C=O) groups is 2. The zero-order valence-electron chi connectivity index (χ0n) is 21.7. The molecule has 0 unspecified atom stereocenters. The normalized spacial score (nSPS) is 12.3. The third-order valence-electron chi connectivity index (χ3n) is 6.49. The van der Waals surface area contributed by atoms with Gasteiger partial charge in [-0.3, -0.25) is 9.52 Å². The average molecular weight is 576 g/mol. The fraction of sp³-hybridized carbons (Fsp3) is 0.133. The molecule has 0 fully saturated rings. The maximum Gasteiger partial charge on any atom is 0.338 e. The quantitative estimate of drug-likeness (QED) is 0.207. The van der Waals surface area contributed by atoms with Crippen molar-refractivity contribution in [3.63, 3.8) is 0 Å². The molecule has 5 aromatic rings. The van der Waals surface area contributed by atoms with Crippen molar-refractivity contribution in [3.05, 3.63) is 102 Å². The van der Waals surface area contributed by atoms with Crippen LogP contribution in [-0.4, -0.2) is 31.0 Å². The van der Waals surface area contributed by atoms with E-state index in [-0.39, 0.29) is 10.5 Å². The van der Waals surface area contributed by atoms with Gasteiger partial charge in [0.05, 0.1) is 10.5 Å². The number of aromatic nitrogens is 1. The van der Waals surface area contributed by atoms with Crippen LogP contribution in [0.2, 0.25) is 5.02 Å². The lowest BCUT2D eigenvalue weighted by Gasteiger charge is -2.14. The second-order valence-electron chi connectivity index (χ2n) is 9.17. The second kappa shape index (κ2) is 11.0. The number of amides is 1. The standard InChI is InChI=1S/C30H26ClN3O5S/c1-3-34-27-10-5-4-9-25(27)26-18-23(15-16-28(26)34)32-29(35)19(2)39-30(36)20-7-6-8-24(17-20)40(37,38)33-22-13-11-21(31)12-14-22/h4-19,33H,3H2,1-2H3,(H,32,35)/t19-/m0/s1. The molecular weight excluding hydrogens is 550 g/mol. The number of sulfonamides is 1. The van der Waals surface area contributed by atoms with Gasteiger partial charge in [-0.1, -0.05) is 35.9 Å². The first-order chi connectivity index (χ1) is 19.2. The molecule has 204 valence electrons. The Bertz CT molecular complexity index is 1850. The van der Waals surface area contributed by atoms with Crippen molar-refractivity contribution in [2.45, 2.75) is 31.4 Å². The highest BCUT2D eigenvalue weighted by Gasteiger charge is 2.22. The number of esters is 1. The lowest BCUT2D eigenvalue weighted by Crippen LogP contribution is -2.30. The van der Waals surface area contributed by atoms with Crippen molar-refractivity contribution in [2.24, 2.45) is 0 Å². The number of carbonyl (C=O) groups excluding carboxylic acids is 2. The molecule has 0 aliphatic rings. The highest BCUT2D eigenvalue weighted by molar-refractivity contribution is 7.92. The number of benzene rings is 4. The molecular formula is C30H26ClN3O5S. The first kappa shape index (κ1) is 27.2. The van der Waals surface area contributed by atoms with E-state index in [1.165, 1.54) is 43.3 Å². The molecule has 1 aromatic heterocycles. The first-order valence-corrected chi connectivity index (χ1v) is 14.4. The van der Waals surface area contributed by atoms with Gasteiger partial charge in [0.15, 0.2) is 6.10 Å². The third-order valence-corrected chi connectivity index (χ3v) is 8.12. The smallest absolute Gasteiger partial charge is 0.338 e. The van der Waals surface area contributed by atoms with Crippen molar-refractivity contribution < 1.29 is 22.7 Å². The van der Waals surface area contributed by atoms with E-state index < -0.39 is 28.0 Å². The Labute approximate surface area is 236 Å². The topological polar surface area (TPSA) is 106 Å². The molecule has 8 nitrogen and oxygen atoms in total. The zero-order chi connectivity index (χ0) is 28.4. The molecule has 0 spiro atoms. The van der Waals surface area contributed by atoms with Crippen LogP contribution in [0, 0.1) is 0 Å². The summed E-state index contributed by atoms with van der Waals surface area (Å²) in [5.74, 6) is -1.34. The molecule has 1 amide bonds. The van der Waals surface area contributed by atoms with E-state index in [2.05, 4.69) is 27.6 Å². The number of hydrogen-bond acceptors (Lipinski definition) is 5. The maximum absolute atomic E-state index is 12.9. The summed E-state index contributed by atoms with van der Waals surface area (Å²) in [6.07, 6.45) is -1.13. The minimum atomic E-state index is -3.98. The van der Waals surface area contributed by atoms with E-state index in [9.17, 15) is 18.0 Å². The molecule has 5 rings (SSSR count). The minimum absolute atomic E-state index is 0.00701. The van der Waals surface area contributed by atoms with E-state index in [4.69, 9.17) is 16.3 Å². The minimum Gasteiger partial charge on any atom is -0.449 e. The molecule has 0 aliphatic carbocycles. The summed E-state index contributed by atoms with van der Waals surface area (Å²) in [6.45, 7) is 4.35. The van der Waals surface area contributed by atoms with Crippen molar-refractivity contribution in [3.8, 4) is 0 Å². The number of nitrogens with one attached hydrogen (secondary N) is 2. The van der Waals surface area contributed by atoms with Crippen LogP contribution in [0.5, 0.6) is 0 Å². The van der Waals surface area contributed by atoms with Gasteiger partial charge in [0.25, 0.3) is 15.9 Å². The average Bonchev–Trinajstić information content (AvgIpc) is 3.27. The SMILES string of the molecule is CCn1c2ccccc2c2cc(NC(=O)[C@H](C)OC(=O)c3cccc(S(=O)(=O)Nc4ccc(Cl)cc4)c3)ccc21. The van der Waals surface area contributed by atoms with Gasteiger partial charge >= 0.3 is 5.97 Å². The highest BCUT2D eigenvalue weighted by atomic mass is 35.5. The van der Waals surface area contributed by atoms with Crippen molar-refractivity contribution >= 4 is 66.7 Å². The summed E-state index contributed by atoms with van der Waals surface area (Å²) in [6, 6.07) is 25.3. The molecule has 0 bridgehead atoms. The maximum atomic E-state index is 12.9. The summed E-state index contributed by atoms with van der Waals surface area (Å²) in [5, 5.41) is 5.36. The molecule has 1 atom stereocenters. The van der Waals surface area contributed by atoms with Gasteiger partial charge in [0.2, 0.25) is 0 Å². The Hall–Kier alpha value is -4.34. The molecule has 0 radical (unpaired) electrons. The number of halogens is 1. The van der Waals surface area contributed by atoms with Crippen molar-refractivity contribution in [1.82, 2.24) is 4.57 Å². The summed E-state index contributed by atoms with van der Waals surface area (Å²) in [4.78, 5) is 25.6. The summed E-state index contributed by atoms with van der Waals surface area (Å²) in [5.41, 5.74) is 3.05. The number of anilines is 2. The van der Waals surface area contributed by atoms with E-state index in [0.29, 0.717) is 16.4 Å². The van der Waals surface area contributed by atoms with Crippen LogP contribution in [0.1, 0.15) is 24.2 Å². The molecule has 1 heterocycles. The third kappa shape index (κ3) is 5.52. The van der Waals surface area contributed by atoms with Crippen LogP contribution in [0.4, 0.5) is 11.4 Å². The predicted octanol–water partition coefficient (Wildman–Crippen LogP) is 6.45. The van der Waals surface area contributed by atoms with E-state index in [0.717, 1.165) is 28.4 Å². The van der Waals surface area contributed by atoms with Crippen LogP contribution in [0.3, 0.4) is 0 Å². The van der Waals surface area contributed by atoms with Crippen LogP contribution in [-0.2, 0) is 26.1 Å². The summed E-state index contributed by atoms with van der Waals surface area (Å²) in [7, 11) is -3.98. The number of para-hydroxylation sites is 1. The van der Waals surface area contributed by atoms with Crippen LogP contribution < -0.4 is 10.0 Å². The molecule has 2 N–H and O–H groups in total. The highest BCUT2D eigenvalue weighted by Crippen LogP contribution is 2.31. The second-order valence-corrected chi connectivity index (χ2v) is 11.3. The zero-order valence-corrected chi connectivity index (χ0v) is 23.3. The Kier molecular flexibility index (Phi) is 7.51. The largest absolute Gasteiger partial charge is 0.449 e. The van der Waals surface area contributed by atoms with Gasteiger partial charge in [-0.05, 0) is 80.6 Å². The molecule has 40 heavy (non-hydrogen) atoms. The van der Waals surface area contributed by atoms with Gasteiger partial charge in [-0.2, -0.15) is 0 Å². The van der Waals surface area contributed by atoms with Gasteiger partial charge in [0.1, 0.15) is 0 Å². The van der Waals surface area contributed by atoms with E-state index >= 15 is 0 Å². The number of rotatable bonds is 8. The lowest BCUT2D eigenvalue weighted by atomic mass is 10.1. The molecule has 0 saturated heterocycles. The summed E-state index contributed by atoms with van der Waals surface area (Å²) >= 11 is 5.86. The van der Waals surface area contributed by atoms with Crippen molar-refractivity contribution in [1.29, 1.82) is 0 Å². The van der Waals surface area contributed by atoms with Gasteiger partial charge in [0, 0.05) is 44.7 Å². The predicted molar refractivity (Wildman–Crippen MR) is 157 cm³/mol. The fourth-order valence-corrected chi connectivity index (χ4v) is 5.75. The van der Waals surface area contributed by atoms with Crippen LogP contribution in [0.15, 0.2) is 95.9 Å². The number of hydrogen-bond donors (Lipinski definition) is 2. The number of nitrogens with zero attached hydrogens (tertiary/aromatic N) is 1. The monoisotopic (exact) mass is 575 g/mol. The molecule has 4 aromatic carbocycles. The Balaban J connectivity index is 1.28. The molecule has 0 aliphatic heterocycles.